The van der Waals surface area contributed by atoms with Crippen LogP contribution in [0.1, 0.15) is 31.2 Å². The van der Waals surface area contributed by atoms with Gasteiger partial charge in [0.1, 0.15) is 0 Å². The van der Waals surface area contributed by atoms with Crippen LogP contribution in [0.25, 0.3) is 10.1 Å². The van der Waals surface area contributed by atoms with Gasteiger partial charge in [-0.2, -0.15) is 0 Å². The number of carbonyl (C=O) groups is 2. The number of thiophene rings is 1. The Kier molecular flexibility index (Phi) is 6.40. The van der Waals surface area contributed by atoms with Crippen molar-refractivity contribution >= 4 is 33.3 Å². The number of nitrogens with one attached hydrogen (secondary N) is 1. The van der Waals surface area contributed by atoms with Gasteiger partial charge in [0, 0.05) is 17.7 Å². The molecule has 2 aromatic rings. The third kappa shape index (κ3) is 4.84. The topological polar surface area (TPSA) is 55.4 Å². The molecule has 118 valence electrons. The van der Waals surface area contributed by atoms with E-state index in [2.05, 4.69) is 27.6 Å². The van der Waals surface area contributed by atoms with Crippen molar-refractivity contribution in [2.75, 3.05) is 13.7 Å². The summed E-state index contributed by atoms with van der Waals surface area (Å²) in [5, 5.41) is 6.16. The molecule has 0 aliphatic rings. The summed E-state index contributed by atoms with van der Waals surface area (Å²) in [5.41, 5.74) is 1.09. The Morgan fingerprint density at radius 3 is 2.82 bits per heavy atom. The number of unbranched alkanes of at least 4 members (excludes halogenated alkanes) is 2. The van der Waals surface area contributed by atoms with E-state index in [4.69, 9.17) is 0 Å². The van der Waals surface area contributed by atoms with Crippen LogP contribution >= 0.6 is 11.3 Å². The van der Waals surface area contributed by atoms with E-state index in [0.717, 1.165) is 24.8 Å². The molecule has 0 unspecified atom stereocenters. The number of benzene rings is 1. The Hall–Kier alpha value is -1.88. The van der Waals surface area contributed by atoms with Crippen molar-refractivity contribution in [1.82, 2.24) is 5.32 Å². The molecule has 0 aliphatic carbocycles. The summed E-state index contributed by atoms with van der Waals surface area (Å²) in [7, 11) is 1.40. The number of amides is 1. The second-order valence-electron chi connectivity index (χ2n) is 5.17. The highest BCUT2D eigenvalue weighted by Crippen LogP contribution is 2.25. The predicted octanol–water partition coefficient (Wildman–Crippen LogP) is 3.29. The first kappa shape index (κ1) is 16.5. The van der Waals surface area contributed by atoms with Gasteiger partial charge >= 0.3 is 5.97 Å². The largest absolute Gasteiger partial charge is 0.469 e. The van der Waals surface area contributed by atoms with Gasteiger partial charge in [-0.15, -0.1) is 11.3 Å². The summed E-state index contributed by atoms with van der Waals surface area (Å²) in [6.45, 7) is 0.655. The Morgan fingerprint density at radius 1 is 1.18 bits per heavy atom. The van der Waals surface area contributed by atoms with Crippen molar-refractivity contribution in [3.05, 3.63) is 35.2 Å². The van der Waals surface area contributed by atoms with Crippen LogP contribution in [0.2, 0.25) is 0 Å². The van der Waals surface area contributed by atoms with Crippen LogP contribution < -0.4 is 5.32 Å². The molecule has 0 saturated carbocycles. The van der Waals surface area contributed by atoms with Crippen LogP contribution in [0.15, 0.2) is 29.6 Å². The zero-order chi connectivity index (χ0) is 15.8. The Balaban J connectivity index is 1.67. The lowest BCUT2D eigenvalue weighted by atomic mass is 10.1. The fourth-order valence-electron chi connectivity index (χ4n) is 2.31. The van der Waals surface area contributed by atoms with Gasteiger partial charge in [0.05, 0.1) is 13.5 Å². The molecule has 22 heavy (non-hydrogen) atoms. The van der Waals surface area contributed by atoms with Crippen LogP contribution in [0.5, 0.6) is 0 Å². The summed E-state index contributed by atoms with van der Waals surface area (Å²) in [4.78, 5) is 22.9. The molecule has 1 amide bonds. The van der Waals surface area contributed by atoms with E-state index in [1.165, 1.54) is 17.2 Å². The molecule has 0 fully saturated rings. The summed E-state index contributed by atoms with van der Waals surface area (Å²) >= 11 is 1.67. The van der Waals surface area contributed by atoms with Crippen LogP contribution in [-0.4, -0.2) is 25.5 Å². The predicted molar refractivity (Wildman–Crippen MR) is 89.0 cm³/mol. The number of hydrogen-bond donors (Lipinski definition) is 1. The standard InChI is InChI=1S/C17H21NO3S/c1-21-17(20)9-3-2-6-10-18-16(19)11-13-12-22-15-8-5-4-7-14(13)15/h4-5,7-8,12H,2-3,6,9-11H2,1H3,(H,18,19). The lowest BCUT2D eigenvalue weighted by Crippen LogP contribution is -2.26. The number of ether oxygens (including phenoxy) is 1. The molecule has 1 aromatic carbocycles. The van der Waals surface area contributed by atoms with Crippen molar-refractivity contribution in [3.63, 3.8) is 0 Å². The van der Waals surface area contributed by atoms with E-state index in [1.54, 1.807) is 11.3 Å². The molecular weight excluding hydrogens is 298 g/mol. The lowest BCUT2D eigenvalue weighted by molar-refractivity contribution is -0.140. The third-order valence-corrected chi connectivity index (χ3v) is 4.53. The maximum Gasteiger partial charge on any atom is 0.305 e. The smallest absolute Gasteiger partial charge is 0.305 e. The molecule has 1 N–H and O–H groups in total. The minimum atomic E-state index is -0.173. The van der Waals surface area contributed by atoms with E-state index < -0.39 is 0 Å². The van der Waals surface area contributed by atoms with E-state index in [9.17, 15) is 9.59 Å². The molecule has 2 rings (SSSR count). The SMILES string of the molecule is COC(=O)CCCCCNC(=O)Cc1csc2ccccc12. The number of rotatable bonds is 8. The van der Waals surface area contributed by atoms with E-state index in [1.807, 2.05) is 12.1 Å². The second-order valence-corrected chi connectivity index (χ2v) is 6.08. The highest BCUT2D eigenvalue weighted by Gasteiger charge is 2.08. The van der Waals surface area contributed by atoms with Gasteiger partial charge in [-0.05, 0) is 35.2 Å². The molecule has 0 bridgehead atoms. The molecule has 0 radical (unpaired) electrons. The minimum absolute atomic E-state index is 0.0523. The molecule has 0 atom stereocenters. The molecule has 0 saturated heterocycles. The van der Waals surface area contributed by atoms with E-state index >= 15 is 0 Å². The molecule has 1 heterocycles. The molecule has 0 spiro atoms. The number of carbonyl (C=O) groups excluding carboxylic acids is 2. The van der Waals surface area contributed by atoms with Crippen molar-refractivity contribution in [2.24, 2.45) is 0 Å². The fourth-order valence-corrected chi connectivity index (χ4v) is 3.27. The van der Waals surface area contributed by atoms with Crippen LogP contribution in [0.3, 0.4) is 0 Å². The van der Waals surface area contributed by atoms with Gasteiger partial charge in [0.25, 0.3) is 0 Å². The first-order valence-corrected chi connectivity index (χ1v) is 8.37. The summed E-state index contributed by atoms with van der Waals surface area (Å²) in [5.74, 6) is -0.120. The van der Waals surface area contributed by atoms with Crippen LogP contribution in [-0.2, 0) is 20.7 Å². The van der Waals surface area contributed by atoms with Crippen molar-refractivity contribution in [1.29, 1.82) is 0 Å². The van der Waals surface area contributed by atoms with Gasteiger partial charge in [-0.1, -0.05) is 24.6 Å². The van der Waals surface area contributed by atoms with Crippen LogP contribution in [0.4, 0.5) is 0 Å². The monoisotopic (exact) mass is 319 g/mol. The average molecular weight is 319 g/mol. The molecule has 4 nitrogen and oxygen atoms in total. The highest BCUT2D eigenvalue weighted by atomic mass is 32.1. The quantitative estimate of drug-likeness (QED) is 0.600. The normalized spacial score (nSPS) is 10.6. The fraction of sp³-hybridized carbons (Fsp3) is 0.412. The van der Waals surface area contributed by atoms with Gasteiger partial charge < -0.3 is 10.1 Å². The number of methoxy groups -OCH3 is 1. The number of fused-ring (bicyclic) bond motifs is 1. The maximum atomic E-state index is 12.0. The van der Waals surface area contributed by atoms with E-state index in [-0.39, 0.29) is 11.9 Å². The van der Waals surface area contributed by atoms with Crippen molar-refractivity contribution in [3.8, 4) is 0 Å². The van der Waals surface area contributed by atoms with Gasteiger partial charge in [0.15, 0.2) is 0 Å². The molecule has 5 heteroatoms. The lowest BCUT2D eigenvalue weighted by Gasteiger charge is -2.05. The van der Waals surface area contributed by atoms with Crippen molar-refractivity contribution in [2.45, 2.75) is 32.1 Å². The maximum absolute atomic E-state index is 12.0. The Morgan fingerprint density at radius 2 is 2.00 bits per heavy atom. The Labute approximate surface area is 134 Å². The van der Waals surface area contributed by atoms with Gasteiger partial charge in [-0.25, -0.2) is 0 Å². The van der Waals surface area contributed by atoms with Gasteiger partial charge in [0.2, 0.25) is 5.91 Å². The first-order chi connectivity index (χ1) is 10.7. The second kappa shape index (κ2) is 8.54. The van der Waals surface area contributed by atoms with E-state index in [0.29, 0.717) is 19.4 Å². The third-order valence-electron chi connectivity index (χ3n) is 3.52. The minimum Gasteiger partial charge on any atom is -0.469 e. The zero-order valence-corrected chi connectivity index (χ0v) is 13.6. The van der Waals surface area contributed by atoms with Gasteiger partial charge in [-0.3, -0.25) is 9.59 Å². The molecule has 0 aliphatic heterocycles. The number of esters is 1. The Bertz CT molecular complexity index is 636. The summed E-state index contributed by atoms with van der Waals surface area (Å²) in [6.07, 6.45) is 3.47. The summed E-state index contributed by atoms with van der Waals surface area (Å²) in [6, 6.07) is 8.14. The number of hydrogen-bond acceptors (Lipinski definition) is 4. The highest BCUT2D eigenvalue weighted by molar-refractivity contribution is 7.17. The zero-order valence-electron chi connectivity index (χ0n) is 12.8. The van der Waals surface area contributed by atoms with Crippen LogP contribution in [0, 0.1) is 0 Å². The molecule has 1 aromatic heterocycles. The first-order valence-electron chi connectivity index (χ1n) is 7.49. The average Bonchev–Trinajstić information content (AvgIpc) is 2.93. The summed E-state index contributed by atoms with van der Waals surface area (Å²) < 4.78 is 5.80. The molecular formula is C17H21NO3S. The van der Waals surface area contributed by atoms with Crippen molar-refractivity contribution < 1.29 is 14.3 Å².